The van der Waals surface area contributed by atoms with Crippen molar-refractivity contribution in [3.05, 3.63) is 33.4 Å². The summed E-state index contributed by atoms with van der Waals surface area (Å²) in [6.07, 6.45) is 6.50. The fourth-order valence-electron chi connectivity index (χ4n) is 2.61. The number of ketones is 1. The van der Waals surface area contributed by atoms with E-state index in [9.17, 15) is 4.79 Å². The zero-order valence-electron chi connectivity index (χ0n) is 10.3. The van der Waals surface area contributed by atoms with E-state index in [1.165, 1.54) is 22.8 Å². The van der Waals surface area contributed by atoms with Gasteiger partial charge in [0, 0.05) is 15.4 Å². The third-order valence-corrected chi connectivity index (χ3v) is 4.63. The molecule has 1 aromatic carbocycles. The van der Waals surface area contributed by atoms with Gasteiger partial charge in [-0.1, -0.05) is 38.3 Å². The van der Waals surface area contributed by atoms with E-state index in [0.717, 1.165) is 18.4 Å². The van der Waals surface area contributed by atoms with Crippen LogP contribution in [0.2, 0.25) is 0 Å². The van der Waals surface area contributed by atoms with Gasteiger partial charge in [0.15, 0.2) is 0 Å². The highest BCUT2D eigenvalue weighted by molar-refractivity contribution is 14.1. The fraction of sp³-hybridized carbons (Fsp3) is 0.533. The minimum Gasteiger partial charge on any atom is -0.299 e. The first-order valence-electron chi connectivity index (χ1n) is 6.38. The van der Waals surface area contributed by atoms with Crippen molar-refractivity contribution in [2.24, 2.45) is 5.41 Å². The van der Waals surface area contributed by atoms with Crippen molar-refractivity contribution in [2.45, 2.75) is 45.4 Å². The van der Waals surface area contributed by atoms with Crippen molar-refractivity contribution in [1.82, 2.24) is 0 Å². The molecule has 0 spiro atoms. The van der Waals surface area contributed by atoms with Crippen molar-refractivity contribution in [1.29, 1.82) is 0 Å². The van der Waals surface area contributed by atoms with E-state index in [4.69, 9.17) is 0 Å². The average molecular weight is 342 g/mol. The number of hydrogen-bond acceptors (Lipinski definition) is 1. The van der Waals surface area contributed by atoms with Crippen molar-refractivity contribution < 1.29 is 4.79 Å². The highest BCUT2D eigenvalue weighted by Crippen LogP contribution is 2.37. The lowest BCUT2D eigenvalue weighted by atomic mass is 9.71. The molecule has 1 aliphatic rings. The smallest absolute Gasteiger partial charge is 0.143 e. The lowest BCUT2D eigenvalue weighted by molar-refractivity contribution is -0.128. The number of Topliss-reactive ketones (excluding diaryl/α,β-unsaturated/α-hetero) is 1. The van der Waals surface area contributed by atoms with Crippen molar-refractivity contribution in [3.8, 4) is 0 Å². The molecule has 1 nitrogen and oxygen atoms in total. The van der Waals surface area contributed by atoms with Gasteiger partial charge < -0.3 is 0 Å². The molecule has 1 fully saturated rings. The van der Waals surface area contributed by atoms with Crippen LogP contribution in [0, 0.1) is 8.99 Å². The van der Waals surface area contributed by atoms with Gasteiger partial charge in [-0.05, 0) is 53.1 Å². The normalized spacial score (nSPS) is 18.9. The predicted molar refractivity (Wildman–Crippen MR) is 79.1 cm³/mol. The van der Waals surface area contributed by atoms with Gasteiger partial charge in [-0.15, -0.1) is 0 Å². The van der Waals surface area contributed by atoms with Gasteiger partial charge in [-0.25, -0.2) is 0 Å². The molecule has 0 N–H and O–H groups in total. The summed E-state index contributed by atoms with van der Waals surface area (Å²) in [4.78, 5) is 12.4. The maximum absolute atomic E-state index is 12.4. The van der Waals surface area contributed by atoms with E-state index in [2.05, 4.69) is 53.8 Å². The van der Waals surface area contributed by atoms with Crippen LogP contribution in [0.1, 0.15) is 44.6 Å². The molecule has 0 heterocycles. The summed E-state index contributed by atoms with van der Waals surface area (Å²) in [5.41, 5.74) is 1.10. The Morgan fingerprint density at radius 2 is 1.76 bits per heavy atom. The molecule has 92 valence electrons. The Hall–Kier alpha value is -0.380. The third kappa shape index (κ3) is 3.30. The van der Waals surface area contributed by atoms with Crippen LogP contribution in [0.4, 0.5) is 0 Å². The second kappa shape index (κ2) is 5.51. The molecule has 1 aliphatic carbocycles. The minimum atomic E-state index is -0.0543. The van der Waals surface area contributed by atoms with Gasteiger partial charge in [-0.2, -0.15) is 0 Å². The van der Waals surface area contributed by atoms with Gasteiger partial charge >= 0.3 is 0 Å². The average Bonchev–Trinajstić information content (AvgIpc) is 2.33. The highest BCUT2D eigenvalue weighted by Gasteiger charge is 2.33. The van der Waals surface area contributed by atoms with Crippen LogP contribution in [-0.4, -0.2) is 5.78 Å². The van der Waals surface area contributed by atoms with Crippen LogP contribution in [0.5, 0.6) is 0 Å². The first-order valence-corrected chi connectivity index (χ1v) is 7.46. The second-order valence-corrected chi connectivity index (χ2v) is 6.59. The predicted octanol–water partition coefficient (Wildman–Crippen LogP) is 4.37. The van der Waals surface area contributed by atoms with Crippen LogP contribution >= 0.6 is 22.6 Å². The molecule has 0 amide bonds. The summed E-state index contributed by atoms with van der Waals surface area (Å²) in [5, 5.41) is 0. The van der Waals surface area contributed by atoms with Crippen molar-refractivity contribution >= 4 is 28.4 Å². The molecule has 0 unspecified atom stereocenters. The largest absolute Gasteiger partial charge is 0.299 e. The maximum Gasteiger partial charge on any atom is 0.143 e. The molecule has 0 aliphatic heterocycles. The van der Waals surface area contributed by atoms with E-state index >= 15 is 0 Å². The molecule has 2 heteroatoms. The Morgan fingerprint density at radius 3 is 2.35 bits per heavy atom. The maximum atomic E-state index is 12.4. The molecular formula is C15H19IO. The first kappa shape index (κ1) is 13.1. The van der Waals surface area contributed by atoms with Gasteiger partial charge in [0.05, 0.1) is 0 Å². The molecule has 1 saturated carbocycles. The Labute approximate surface area is 117 Å². The van der Waals surface area contributed by atoms with Crippen LogP contribution in [-0.2, 0) is 11.2 Å². The Morgan fingerprint density at radius 1 is 1.18 bits per heavy atom. The molecule has 17 heavy (non-hydrogen) atoms. The fourth-order valence-corrected chi connectivity index (χ4v) is 2.97. The number of carbonyl (C=O) groups is 1. The van der Waals surface area contributed by atoms with E-state index in [1.807, 2.05) is 0 Å². The van der Waals surface area contributed by atoms with Crippen LogP contribution in [0.25, 0.3) is 0 Å². The summed E-state index contributed by atoms with van der Waals surface area (Å²) >= 11 is 2.29. The number of benzene rings is 1. The topological polar surface area (TPSA) is 17.1 Å². The van der Waals surface area contributed by atoms with Crippen molar-refractivity contribution in [2.75, 3.05) is 0 Å². The molecule has 0 radical (unpaired) electrons. The van der Waals surface area contributed by atoms with E-state index < -0.39 is 0 Å². The quantitative estimate of drug-likeness (QED) is 0.746. The van der Waals surface area contributed by atoms with Gasteiger partial charge in [0.1, 0.15) is 5.78 Å². The summed E-state index contributed by atoms with van der Waals surface area (Å²) in [5.74, 6) is 0.429. The Bertz CT molecular complexity index is 388. The van der Waals surface area contributed by atoms with Crippen molar-refractivity contribution in [3.63, 3.8) is 0 Å². The molecule has 0 aromatic heterocycles. The van der Waals surface area contributed by atoms with Gasteiger partial charge in [-0.3, -0.25) is 4.79 Å². The van der Waals surface area contributed by atoms with Crippen LogP contribution in [0.3, 0.4) is 0 Å². The zero-order valence-corrected chi connectivity index (χ0v) is 12.5. The number of carbonyl (C=O) groups excluding carboxylic acids is 1. The van der Waals surface area contributed by atoms with E-state index in [1.54, 1.807) is 0 Å². The zero-order chi connectivity index (χ0) is 12.3. The molecule has 0 saturated heterocycles. The first-order chi connectivity index (χ1) is 8.10. The standard InChI is InChI=1S/C15H19IO/c1-15(9-3-2-4-10-15)14(17)11-12-5-7-13(16)8-6-12/h5-8H,2-4,9-11H2,1H3. The summed E-state index contributed by atoms with van der Waals surface area (Å²) < 4.78 is 1.22. The van der Waals surface area contributed by atoms with Crippen LogP contribution < -0.4 is 0 Å². The molecular weight excluding hydrogens is 323 g/mol. The summed E-state index contributed by atoms with van der Waals surface area (Å²) in [7, 11) is 0. The summed E-state index contributed by atoms with van der Waals surface area (Å²) in [6, 6.07) is 8.30. The minimum absolute atomic E-state index is 0.0543. The second-order valence-electron chi connectivity index (χ2n) is 5.35. The molecule has 1 aromatic rings. The molecule has 2 rings (SSSR count). The molecule has 0 bridgehead atoms. The SMILES string of the molecule is CC1(C(=O)Cc2ccc(I)cc2)CCCCC1. The number of rotatable bonds is 3. The van der Waals surface area contributed by atoms with E-state index in [0.29, 0.717) is 12.2 Å². The highest BCUT2D eigenvalue weighted by atomic mass is 127. The Kier molecular flexibility index (Phi) is 4.23. The monoisotopic (exact) mass is 342 g/mol. The van der Waals surface area contributed by atoms with Gasteiger partial charge in [0.2, 0.25) is 0 Å². The summed E-state index contributed by atoms with van der Waals surface area (Å²) in [6.45, 7) is 2.15. The Balaban J connectivity index is 2.03. The van der Waals surface area contributed by atoms with Gasteiger partial charge in [0.25, 0.3) is 0 Å². The van der Waals surface area contributed by atoms with E-state index in [-0.39, 0.29) is 5.41 Å². The lowest BCUT2D eigenvalue weighted by Gasteiger charge is -2.32. The number of halogens is 1. The lowest BCUT2D eigenvalue weighted by Crippen LogP contribution is -2.31. The van der Waals surface area contributed by atoms with Crippen LogP contribution in [0.15, 0.2) is 24.3 Å². The third-order valence-electron chi connectivity index (χ3n) is 3.91. The molecule has 0 atom stereocenters. The number of hydrogen-bond donors (Lipinski definition) is 0.